The summed E-state index contributed by atoms with van der Waals surface area (Å²) in [5.74, 6) is 1.44. The van der Waals surface area contributed by atoms with E-state index in [4.69, 9.17) is 0 Å². The number of urea groups is 1. The highest BCUT2D eigenvalue weighted by Crippen LogP contribution is 2.29. The van der Waals surface area contributed by atoms with E-state index < -0.39 is 0 Å². The summed E-state index contributed by atoms with van der Waals surface area (Å²) in [6.07, 6.45) is 0. The molecular weight excluding hydrogens is 510 g/mol. The Morgan fingerprint density at radius 3 is 2.44 bits per heavy atom. The van der Waals surface area contributed by atoms with E-state index >= 15 is 0 Å². The van der Waals surface area contributed by atoms with E-state index in [2.05, 4.69) is 80.9 Å². The molecule has 174 valence electrons. The Labute approximate surface area is 212 Å². The van der Waals surface area contributed by atoms with Gasteiger partial charge < -0.3 is 10.6 Å². The molecule has 1 unspecified atom stereocenters. The van der Waals surface area contributed by atoms with Crippen molar-refractivity contribution in [3.8, 4) is 5.69 Å². The fraction of sp³-hybridized carbons (Fsp3) is 0.192. The smallest absolute Gasteiger partial charge is 0.319 e. The van der Waals surface area contributed by atoms with Crippen molar-refractivity contribution in [2.75, 3.05) is 5.32 Å². The zero-order valence-electron chi connectivity index (χ0n) is 19.2. The largest absolute Gasteiger partial charge is 0.328 e. The summed E-state index contributed by atoms with van der Waals surface area (Å²) in [5, 5.41) is 15.6. The summed E-state index contributed by atoms with van der Waals surface area (Å²) in [7, 11) is 0. The molecule has 8 heteroatoms. The Morgan fingerprint density at radius 1 is 1.00 bits per heavy atom. The van der Waals surface area contributed by atoms with Crippen LogP contribution in [-0.4, -0.2) is 20.8 Å². The fourth-order valence-electron chi connectivity index (χ4n) is 3.49. The standard InChI is InChI=1S/C26H26BrN5OS/c1-17-12-14-21(15-13-17)32-24(19(3)28-25(33)29-23-11-7-6-10-22(23)27)30-31-26(32)34-16-20-9-5-4-8-18(20)2/h4-15,19H,16H2,1-3H3,(H2,28,29,33). The van der Waals surface area contributed by atoms with Crippen LogP contribution in [-0.2, 0) is 5.75 Å². The van der Waals surface area contributed by atoms with E-state index in [0.717, 1.165) is 21.1 Å². The number of para-hydroxylation sites is 1. The van der Waals surface area contributed by atoms with E-state index in [1.54, 1.807) is 11.8 Å². The Bertz CT molecular complexity index is 1290. The van der Waals surface area contributed by atoms with Gasteiger partial charge in [-0.3, -0.25) is 4.57 Å². The molecule has 4 aromatic rings. The van der Waals surface area contributed by atoms with Crippen molar-refractivity contribution in [3.05, 3.63) is 99.8 Å². The number of nitrogens with one attached hydrogen (secondary N) is 2. The van der Waals surface area contributed by atoms with Gasteiger partial charge in [-0.05, 0) is 72.1 Å². The second kappa shape index (κ2) is 10.9. The lowest BCUT2D eigenvalue weighted by Crippen LogP contribution is -2.32. The van der Waals surface area contributed by atoms with E-state index in [-0.39, 0.29) is 12.1 Å². The normalized spacial score (nSPS) is 11.8. The Balaban J connectivity index is 1.58. The molecule has 0 aliphatic carbocycles. The van der Waals surface area contributed by atoms with Crippen molar-refractivity contribution in [3.63, 3.8) is 0 Å². The fourth-order valence-corrected chi connectivity index (χ4v) is 4.91. The first kappa shape index (κ1) is 24.0. The molecule has 6 nitrogen and oxygen atoms in total. The number of hydrogen-bond acceptors (Lipinski definition) is 4. The van der Waals surface area contributed by atoms with Gasteiger partial charge in [-0.2, -0.15) is 0 Å². The van der Waals surface area contributed by atoms with Crippen molar-refractivity contribution >= 4 is 39.4 Å². The molecule has 2 amide bonds. The number of carbonyl (C=O) groups excluding carboxylic acids is 1. The van der Waals surface area contributed by atoms with Crippen LogP contribution in [0.1, 0.15) is 35.5 Å². The zero-order chi connectivity index (χ0) is 24.1. The number of benzene rings is 3. The van der Waals surface area contributed by atoms with Crippen LogP contribution < -0.4 is 10.6 Å². The van der Waals surface area contributed by atoms with Gasteiger partial charge in [0.2, 0.25) is 0 Å². The Morgan fingerprint density at radius 2 is 1.71 bits per heavy atom. The first-order valence-corrected chi connectivity index (χ1v) is 12.7. The summed E-state index contributed by atoms with van der Waals surface area (Å²) in [4.78, 5) is 12.7. The summed E-state index contributed by atoms with van der Waals surface area (Å²) >= 11 is 5.09. The van der Waals surface area contributed by atoms with Gasteiger partial charge in [0, 0.05) is 15.9 Å². The number of aromatic nitrogens is 3. The van der Waals surface area contributed by atoms with Crippen LogP contribution in [0.5, 0.6) is 0 Å². The first-order valence-electron chi connectivity index (χ1n) is 10.9. The quantitative estimate of drug-likeness (QED) is 0.254. The molecule has 34 heavy (non-hydrogen) atoms. The van der Waals surface area contributed by atoms with Gasteiger partial charge in [0.1, 0.15) is 0 Å². The Kier molecular flexibility index (Phi) is 7.70. The number of thioether (sulfide) groups is 1. The van der Waals surface area contributed by atoms with Gasteiger partial charge >= 0.3 is 6.03 Å². The highest BCUT2D eigenvalue weighted by Gasteiger charge is 2.21. The lowest BCUT2D eigenvalue weighted by molar-refractivity contribution is 0.248. The summed E-state index contributed by atoms with van der Waals surface area (Å²) in [6.45, 7) is 6.08. The van der Waals surface area contributed by atoms with Crippen molar-refractivity contribution in [1.82, 2.24) is 20.1 Å². The molecule has 1 aromatic heterocycles. The molecule has 0 bridgehead atoms. The summed E-state index contributed by atoms with van der Waals surface area (Å²) in [5.41, 5.74) is 5.33. The van der Waals surface area contributed by atoms with Crippen LogP contribution in [0.2, 0.25) is 0 Å². The number of aryl methyl sites for hydroxylation is 2. The third-order valence-electron chi connectivity index (χ3n) is 5.43. The van der Waals surface area contributed by atoms with Gasteiger partial charge in [-0.15, -0.1) is 10.2 Å². The monoisotopic (exact) mass is 535 g/mol. The van der Waals surface area contributed by atoms with Gasteiger partial charge in [-0.1, -0.05) is 65.9 Å². The maximum atomic E-state index is 12.7. The second-order valence-electron chi connectivity index (χ2n) is 8.03. The van der Waals surface area contributed by atoms with Gasteiger partial charge in [0.25, 0.3) is 0 Å². The Hall–Kier alpha value is -3.10. The average molecular weight is 536 g/mol. The molecule has 2 N–H and O–H groups in total. The molecule has 3 aromatic carbocycles. The van der Waals surface area contributed by atoms with Crippen LogP contribution in [0.25, 0.3) is 5.69 Å². The van der Waals surface area contributed by atoms with Gasteiger partial charge in [0.05, 0.1) is 11.7 Å². The molecule has 0 spiro atoms. The summed E-state index contributed by atoms with van der Waals surface area (Å²) in [6, 6.07) is 23.4. The minimum atomic E-state index is -0.371. The van der Waals surface area contributed by atoms with Gasteiger partial charge in [0.15, 0.2) is 11.0 Å². The number of halogens is 1. The van der Waals surface area contributed by atoms with E-state index in [0.29, 0.717) is 11.5 Å². The highest BCUT2D eigenvalue weighted by atomic mass is 79.9. The molecule has 0 fully saturated rings. The van der Waals surface area contributed by atoms with Crippen molar-refractivity contribution in [1.29, 1.82) is 0 Å². The van der Waals surface area contributed by atoms with Crippen molar-refractivity contribution in [2.45, 2.75) is 37.7 Å². The van der Waals surface area contributed by atoms with E-state index in [9.17, 15) is 4.79 Å². The minimum absolute atomic E-state index is 0.313. The lowest BCUT2D eigenvalue weighted by Gasteiger charge is -2.17. The highest BCUT2D eigenvalue weighted by molar-refractivity contribution is 9.10. The molecule has 0 aliphatic rings. The van der Waals surface area contributed by atoms with Crippen LogP contribution in [0.3, 0.4) is 0 Å². The molecule has 0 radical (unpaired) electrons. The third-order valence-corrected chi connectivity index (χ3v) is 7.09. The average Bonchev–Trinajstić information content (AvgIpc) is 3.24. The van der Waals surface area contributed by atoms with Gasteiger partial charge in [-0.25, -0.2) is 4.79 Å². The predicted octanol–water partition coefficient (Wildman–Crippen LogP) is 6.82. The molecule has 0 saturated heterocycles. The molecule has 1 atom stereocenters. The molecule has 1 heterocycles. The third kappa shape index (κ3) is 5.69. The maximum absolute atomic E-state index is 12.7. The molecule has 4 rings (SSSR count). The first-order chi connectivity index (χ1) is 16.4. The van der Waals surface area contributed by atoms with E-state index in [1.165, 1.54) is 16.7 Å². The molecule has 0 aliphatic heterocycles. The molecule has 0 saturated carbocycles. The second-order valence-corrected chi connectivity index (χ2v) is 9.82. The topological polar surface area (TPSA) is 71.8 Å². The number of carbonyl (C=O) groups is 1. The molecular formula is C26H26BrN5OS. The van der Waals surface area contributed by atoms with E-state index in [1.807, 2.05) is 54.0 Å². The van der Waals surface area contributed by atoms with Crippen LogP contribution >= 0.6 is 27.7 Å². The van der Waals surface area contributed by atoms with Crippen molar-refractivity contribution < 1.29 is 4.79 Å². The van der Waals surface area contributed by atoms with Crippen molar-refractivity contribution in [2.24, 2.45) is 0 Å². The SMILES string of the molecule is Cc1ccc(-n2c(SCc3ccccc3C)nnc2C(C)NC(=O)Nc2ccccc2Br)cc1. The lowest BCUT2D eigenvalue weighted by atomic mass is 10.1. The number of amides is 2. The number of anilines is 1. The predicted molar refractivity (Wildman–Crippen MR) is 142 cm³/mol. The number of nitrogens with zero attached hydrogens (tertiary/aromatic N) is 3. The van der Waals surface area contributed by atoms with Crippen LogP contribution in [0, 0.1) is 13.8 Å². The maximum Gasteiger partial charge on any atom is 0.319 e. The summed E-state index contributed by atoms with van der Waals surface area (Å²) < 4.78 is 2.83. The number of hydrogen-bond donors (Lipinski definition) is 2. The number of rotatable bonds is 7. The minimum Gasteiger partial charge on any atom is -0.328 e. The van der Waals surface area contributed by atoms with Crippen LogP contribution in [0.15, 0.2) is 82.4 Å². The van der Waals surface area contributed by atoms with Crippen LogP contribution in [0.4, 0.5) is 10.5 Å². The zero-order valence-corrected chi connectivity index (χ0v) is 21.7.